The van der Waals surface area contributed by atoms with Gasteiger partial charge in [0.05, 0.1) is 12.7 Å². The highest BCUT2D eigenvalue weighted by atomic mass is 16.5. The van der Waals surface area contributed by atoms with Crippen LogP contribution in [-0.4, -0.2) is 31.7 Å². The minimum absolute atomic E-state index is 0.0844. The lowest BCUT2D eigenvalue weighted by Gasteiger charge is -2.41. The molecular weight excluding hydrogens is 199 g/mol. The molecule has 0 saturated heterocycles. The maximum Gasteiger partial charge on any atom is 0.139 e. The first kappa shape index (κ1) is 13.8. The van der Waals surface area contributed by atoms with Crippen LogP contribution in [0.2, 0.25) is 0 Å². The molecule has 0 aromatic carbocycles. The average molecular weight is 224 g/mol. The number of aliphatic hydroxyl groups is 1. The number of hydrogen-bond acceptors (Lipinski definition) is 2. The van der Waals surface area contributed by atoms with Crippen LogP contribution in [0.5, 0.6) is 0 Å². The Labute approximate surface area is 100 Å². The predicted octanol–water partition coefficient (Wildman–Crippen LogP) is 1.87. The summed E-state index contributed by atoms with van der Waals surface area (Å²) in [6.07, 6.45) is 3.32. The maximum absolute atomic E-state index is 9.51. The van der Waals surface area contributed by atoms with Gasteiger partial charge in [0.1, 0.15) is 7.85 Å². The Kier molecular flexibility index (Phi) is 4.63. The van der Waals surface area contributed by atoms with Crippen molar-refractivity contribution in [2.75, 3.05) is 6.61 Å². The van der Waals surface area contributed by atoms with Gasteiger partial charge in [-0.05, 0) is 30.8 Å². The molecule has 1 rings (SSSR count). The summed E-state index contributed by atoms with van der Waals surface area (Å²) < 4.78 is 6.06. The molecule has 1 N–H and O–H groups in total. The molecule has 1 aliphatic rings. The average Bonchev–Trinajstić information content (AvgIpc) is 2.16. The van der Waals surface area contributed by atoms with E-state index in [-0.39, 0.29) is 24.1 Å². The summed E-state index contributed by atoms with van der Waals surface area (Å²) in [6, 6.07) is 0.274. The van der Waals surface area contributed by atoms with E-state index in [2.05, 4.69) is 35.5 Å². The third-order valence-corrected chi connectivity index (χ3v) is 3.60. The van der Waals surface area contributed by atoms with E-state index in [0.29, 0.717) is 0 Å². The van der Waals surface area contributed by atoms with Crippen LogP contribution in [-0.2, 0) is 4.74 Å². The molecule has 3 heteroatoms. The van der Waals surface area contributed by atoms with E-state index in [1.54, 1.807) is 0 Å². The van der Waals surface area contributed by atoms with Crippen molar-refractivity contribution in [3.63, 3.8) is 0 Å². The van der Waals surface area contributed by atoms with Crippen LogP contribution in [0.1, 0.15) is 47.0 Å². The predicted molar refractivity (Wildman–Crippen MR) is 70.3 cm³/mol. The van der Waals surface area contributed by atoms with E-state index in [9.17, 15) is 5.11 Å². The Morgan fingerprint density at radius 3 is 2.62 bits per heavy atom. The van der Waals surface area contributed by atoms with Gasteiger partial charge >= 0.3 is 0 Å². The molecular formula is C13H25BO2. The van der Waals surface area contributed by atoms with Crippen molar-refractivity contribution >= 4 is 7.85 Å². The molecule has 0 aromatic heterocycles. The highest BCUT2D eigenvalue weighted by molar-refractivity contribution is 6.11. The fraction of sp³-hybridized carbons (Fsp3) is 0.846. The highest BCUT2D eigenvalue weighted by Crippen LogP contribution is 2.38. The normalized spacial score (nSPS) is 27.3. The molecule has 2 nitrogen and oxygen atoms in total. The number of rotatable bonds is 4. The molecule has 0 spiro atoms. The second-order valence-electron chi connectivity index (χ2n) is 5.73. The van der Waals surface area contributed by atoms with Crippen molar-refractivity contribution in [1.82, 2.24) is 0 Å². The molecule has 92 valence electrons. The van der Waals surface area contributed by atoms with Crippen LogP contribution in [0.4, 0.5) is 0 Å². The van der Waals surface area contributed by atoms with Gasteiger partial charge in [0.25, 0.3) is 0 Å². The Hall–Kier alpha value is -0.275. The quantitative estimate of drug-likeness (QED) is 0.583. The van der Waals surface area contributed by atoms with Gasteiger partial charge in [0, 0.05) is 6.00 Å². The van der Waals surface area contributed by atoms with E-state index >= 15 is 0 Å². The summed E-state index contributed by atoms with van der Waals surface area (Å²) in [6.45, 7) is 8.93. The second-order valence-corrected chi connectivity index (χ2v) is 5.73. The Morgan fingerprint density at radius 2 is 2.12 bits per heavy atom. The molecule has 0 aromatic rings. The Bertz CT molecular complexity index is 271. The minimum atomic E-state index is 0.0844. The summed E-state index contributed by atoms with van der Waals surface area (Å²) in [5, 5.41) is 9.51. The van der Waals surface area contributed by atoms with Crippen molar-refractivity contribution in [2.24, 2.45) is 5.41 Å². The molecule has 0 saturated carbocycles. The van der Waals surface area contributed by atoms with Gasteiger partial charge in [-0.25, -0.2) is 0 Å². The summed E-state index contributed by atoms with van der Waals surface area (Å²) >= 11 is 0. The lowest BCUT2D eigenvalue weighted by atomic mass is 9.74. The first-order valence-corrected chi connectivity index (χ1v) is 6.37. The summed E-state index contributed by atoms with van der Waals surface area (Å²) in [7, 11) is 2.12. The standard InChI is InChI=1S/C13H25BO2/c1-5-6-13(3,4)12-10(8-15)9(2)7-11(14)16-12/h11-12,15H,5-8,14H2,1-4H3/t11-,12?/m1/s1. The van der Waals surface area contributed by atoms with E-state index in [4.69, 9.17) is 4.74 Å². The van der Waals surface area contributed by atoms with Gasteiger partial charge in [-0.3, -0.25) is 0 Å². The van der Waals surface area contributed by atoms with Gasteiger partial charge in [-0.2, -0.15) is 0 Å². The van der Waals surface area contributed by atoms with Gasteiger partial charge in [-0.1, -0.05) is 32.8 Å². The molecule has 1 unspecified atom stereocenters. The number of hydrogen-bond donors (Lipinski definition) is 1. The summed E-state index contributed by atoms with van der Waals surface area (Å²) in [5.41, 5.74) is 2.54. The monoisotopic (exact) mass is 224 g/mol. The fourth-order valence-corrected chi connectivity index (χ4v) is 2.80. The molecule has 2 atom stereocenters. The van der Waals surface area contributed by atoms with Crippen LogP contribution in [0.25, 0.3) is 0 Å². The molecule has 0 bridgehead atoms. The number of aliphatic hydroxyl groups excluding tert-OH is 1. The molecule has 0 amide bonds. The van der Waals surface area contributed by atoms with E-state index in [0.717, 1.165) is 24.8 Å². The Balaban J connectivity index is 2.96. The number of ether oxygens (including phenoxy) is 1. The minimum Gasteiger partial charge on any atom is -0.392 e. The van der Waals surface area contributed by atoms with Crippen molar-refractivity contribution in [1.29, 1.82) is 0 Å². The van der Waals surface area contributed by atoms with Crippen molar-refractivity contribution in [3.05, 3.63) is 11.1 Å². The second kappa shape index (κ2) is 5.37. The van der Waals surface area contributed by atoms with E-state index in [1.165, 1.54) is 5.57 Å². The molecule has 1 aliphatic heterocycles. The van der Waals surface area contributed by atoms with Crippen LogP contribution in [0.3, 0.4) is 0 Å². The van der Waals surface area contributed by atoms with Gasteiger partial charge in [-0.15, -0.1) is 0 Å². The van der Waals surface area contributed by atoms with E-state index in [1.807, 2.05) is 0 Å². The summed E-state index contributed by atoms with van der Waals surface area (Å²) in [4.78, 5) is 0. The smallest absolute Gasteiger partial charge is 0.139 e. The van der Waals surface area contributed by atoms with Crippen molar-refractivity contribution in [3.8, 4) is 0 Å². The molecule has 0 fully saturated rings. The van der Waals surface area contributed by atoms with E-state index < -0.39 is 0 Å². The van der Waals surface area contributed by atoms with Crippen LogP contribution >= 0.6 is 0 Å². The van der Waals surface area contributed by atoms with Crippen molar-refractivity contribution in [2.45, 2.75) is 59.1 Å². The first-order chi connectivity index (χ1) is 7.42. The highest BCUT2D eigenvalue weighted by Gasteiger charge is 2.36. The van der Waals surface area contributed by atoms with Crippen LogP contribution in [0.15, 0.2) is 11.1 Å². The lowest BCUT2D eigenvalue weighted by molar-refractivity contribution is -0.0373. The van der Waals surface area contributed by atoms with Gasteiger partial charge in [0.2, 0.25) is 0 Å². The first-order valence-electron chi connectivity index (χ1n) is 6.37. The van der Waals surface area contributed by atoms with Crippen LogP contribution in [0, 0.1) is 5.41 Å². The SMILES string of the molecule is B[C@H]1CC(C)=C(CO)C(C(C)(C)CCC)O1. The maximum atomic E-state index is 9.51. The summed E-state index contributed by atoms with van der Waals surface area (Å²) in [5.74, 6) is 0. The zero-order valence-electron chi connectivity index (χ0n) is 11.3. The third-order valence-electron chi connectivity index (χ3n) is 3.60. The zero-order valence-corrected chi connectivity index (χ0v) is 11.3. The van der Waals surface area contributed by atoms with Gasteiger partial charge < -0.3 is 9.84 Å². The lowest BCUT2D eigenvalue weighted by Crippen LogP contribution is -2.41. The molecule has 1 heterocycles. The van der Waals surface area contributed by atoms with Gasteiger partial charge in [0.15, 0.2) is 0 Å². The zero-order chi connectivity index (χ0) is 12.3. The third kappa shape index (κ3) is 2.89. The fourth-order valence-electron chi connectivity index (χ4n) is 2.80. The molecule has 0 aliphatic carbocycles. The molecule has 0 radical (unpaired) electrons. The van der Waals surface area contributed by atoms with Crippen molar-refractivity contribution < 1.29 is 9.84 Å². The molecule has 16 heavy (non-hydrogen) atoms. The largest absolute Gasteiger partial charge is 0.392 e. The topological polar surface area (TPSA) is 29.5 Å². The Morgan fingerprint density at radius 1 is 1.50 bits per heavy atom. The van der Waals surface area contributed by atoms with Crippen LogP contribution < -0.4 is 0 Å².